The van der Waals surface area contributed by atoms with Crippen molar-refractivity contribution in [1.82, 2.24) is 15.6 Å². The Balaban J connectivity index is 1.74. The average Bonchev–Trinajstić information content (AvgIpc) is 3.01. The second kappa shape index (κ2) is 9.74. The Hall–Kier alpha value is -1.47. The SMILES string of the molecule is CNCCOc1ccc(CC(C)NCC(O)c2csc(C)n2)cc1. The van der Waals surface area contributed by atoms with Gasteiger partial charge in [0.05, 0.1) is 10.7 Å². The van der Waals surface area contributed by atoms with Gasteiger partial charge in [0.25, 0.3) is 0 Å². The molecule has 0 aliphatic rings. The third-order valence-corrected chi connectivity index (χ3v) is 4.52. The van der Waals surface area contributed by atoms with E-state index in [0.29, 0.717) is 13.2 Å². The number of nitrogens with one attached hydrogen (secondary N) is 2. The lowest BCUT2D eigenvalue weighted by Crippen LogP contribution is -2.32. The van der Waals surface area contributed by atoms with Gasteiger partial charge in [-0.15, -0.1) is 11.3 Å². The number of aliphatic hydroxyl groups excluding tert-OH is 1. The van der Waals surface area contributed by atoms with E-state index in [-0.39, 0.29) is 6.04 Å². The number of thiazole rings is 1. The minimum absolute atomic E-state index is 0.274. The van der Waals surface area contributed by atoms with Crippen molar-refractivity contribution >= 4 is 11.3 Å². The van der Waals surface area contributed by atoms with E-state index in [1.54, 1.807) is 11.3 Å². The molecule has 0 aliphatic carbocycles. The van der Waals surface area contributed by atoms with Crippen molar-refractivity contribution in [3.63, 3.8) is 0 Å². The van der Waals surface area contributed by atoms with E-state index in [4.69, 9.17) is 4.74 Å². The molecule has 2 unspecified atom stereocenters. The molecule has 2 rings (SSSR count). The number of aliphatic hydroxyl groups is 1. The van der Waals surface area contributed by atoms with Crippen molar-refractivity contribution in [2.75, 3.05) is 26.7 Å². The van der Waals surface area contributed by atoms with Crippen LogP contribution in [0.1, 0.15) is 29.3 Å². The molecule has 0 bridgehead atoms. The van der Waals surface area contributed by atoms with E-state index in [1.165, 1.54) is 5.56 Å². The summed E-state index contributed by atoms with van der Waals surface area (Å²) in [5.41, 5.74) is 2.00. The summed E-state index contributed by atoms with van der Waals surface area (Å²) in [6.07, 6.45) is 0.347. The fraction of sp³-hybridized carbons (Fsp3) is 0.500. The number of aromatic nitrogens is 1. The number of benzene rings is 1. The van der Waals surface area contributed by atoms with Gasteiger partial charge in [-0.3, -0.25) is 0 Å². The Bertz CT molecular complexity index is 601. The zero-order chi connectivity index (χ0) is 17.4. The molecule has 1 aromatic heterocycles. The standard InChI is InChI=1S/C18H27N3O2S/c1-13(20-11-18(22)17-12-24-14(2)21-17)10-15-4-6-16(7-5-15)23-9-8-19-3/h4-7,12-13,18-20,22H,8-11H2,1-3H3. The number of nitrogens with zero attached hydrogens (tertiary/aromatic N) is 1. The first-order valence-electron chi connectivity index (χ1n) is 8.28. The highest BCUT2D eigenvalue weighted by Crippen LogP contribution is 2.16. The molecule has 3 N–H and O–H groups in total. The number of likely N-dealkylation sites (N-methyl/N-ethyl adjacent to an activating group) is 1. The zero-order valence-electron chi connectivity index (χ0n) is 14.6. The van der Waals surface area contributed by atoms with Crippen LogP contribution in [0.4, 0.5) is 0 Å². The lowest BCUT2D eigenvalue weighted by molar-refractivity contribution is 0.166. The van der Waals surface area contributed by atoms with Crippen molar-refractivity contribution < 1.29 is 9.84 Å². The molecule has 0 radical (unpaired) electrons. The summed E-state index contributed by atoms with van der Waals surface area (Å²) in [6, 6.07) is 8.46. The van der Waals surface area contributed by atoms with E-state index in [0.717, 1.165) is 29.4 Å². The molecule has 5 nitrogen and oxygen atoms in total. The van der Waals surface area contributed by atoms with Crippen molar-refractivity contribution in [3.05, 3.63) is 45.9 Å². The van der Waals surface area contributed by atoms with Gasteiger partial charge in [-0.05, 0) is 45.0 Å². The van der Waals surface area contributed by atoms with Crippen LogP contribution in [0.25, 0.3) is 0 Å². The van der Waals surface area contributed by atoms with Crippen LogP contribution in [0.15, 0.2) is 29.6 Å². The van der Waals surface area contributed by atoms with Crippen LogP contribution >= 0.6 is 11.3 Å². The summed E-state index contributed by atoms with van der Waals surface area (Å²) >= 11 is 1.56. The highest BCUT2D eigenvalue weighted by Gasteiger charge is 2.12. The number of rotatable bonds is 10. The quantitative estimate of drug-likeness (QED) is 0.575. The summed E-state index contributed by atoms with van der Waals surface area (Å²) in [5.74, 6) is 0.893. The van der Waals surface area contributed by atoms with Crippen molar-refractivity contribution in [3.8, 4) is 5.75 Å². The van der Waals surface area contributed by atoms with Gasteiger partial charge >= 0.3 is 0 Å². The normalized spacial score (nSPS) is 13.7. The Morgan fingerprint density at radius 2 is 2.04 bits per heavy atom. The Kier molecular flexibility index (Phi) is 7.65. The van der Waals surface area contributed by atoms with Crippen molar-refractivity contribution in [2.24, 2.45) is 0 Å². The largest absolute Gasteiger partial charge is 0.492 e. The molecule has 0 saturated carbocycles. The van der Waals surface area contributed by atoms with Crippen LogP contribution in [0.5, 0.6) is 5.75 Å². The minimum Gasteiger partial charge on any atom is -0.492 e. The maximum atomic E-state index is 10.1. The van der Waals surface area contributed by atoms with Crippen LogP contribution in [0.3, 0.4) is 0 Å². The van der Waals surface area contributed by atoms with Crippen LogP contribution in [-0.4, -0.2) is 42.9 Å². The van der Waals surface area contributed by atoms with E-state index < -0.39 is 6.10 Å². The molecule has 1 aromatic carbocycles. The molecular formula is C18H27N3O2S. The summed E-state index contributed by atoms with van der Waals surface area (Å²) in [4.78, 5) is 4.32. The predicted molar refractivity (Wildman–Crippen MR) is 98.8 cm³/mol. The molecule has 0 spiro atoms. The first-order valence-corrected chi connectivity index (χ1v) is 9.16. The second-order valence-corrected chi connectivity index (χ2v) is 6.98. The minimum atomic E-state index is -0.555. The number of aryl methyl sites for hydroxylation is 1. The molecule has 0 fully saturated rings. The lowest BCUT2D eigenvalue weighted by Gasteiger charge is -2.16. The predicted octanol–water partition coefficient (Wildman–Crippen LogP) is 2.30. The third-order valence-electron chi connectivity index (χ3n) is 3.72. The molecule has 2 atom stereocenters. The number of ether oxygens (including phenoxy) is 1. The van der Waals surface area contributed by atoms with E-state index in [2.05, 4.69) is 34.7 Å². The maximum absolute atomic E-state index is 10.1. The van der Waals surface area contributed by atoms with Crippen LogP contribution < -0.4 is 15.4 Å². The van der Waals surface area contributed by atoms with Gasteiger partial charge in [-0.2, -0.15) is 0 Å². The molecule has 6 heteroatoms. The molecule has 0 amide bonds. The van der Waals surface area contributed by atoms with E-state index in [9.17, 15) is 5.11 Å². The first-order chi connectivity index (χ1) is 11.6. The van der Waals surface area contributed by atoms with Gasteiger partial charge in [-0.25, -0.2) is 4.98 Å². The fourth-order valence-corrected chi connectivity index (χ4v) is 3.03. The molecule has 1 heterocycles. The molecular weight excluding hydrogens is 322 g/mol. The van der Waals surface area contributed by atoms with Crippen LogP contribution in [0, 0.1) is 6.92 Å². The Labute approximate surface area is 148 Å². The van der Waals surface area contributed by atoms with Gasteiger partial charge in [0.1, 0.15) is 18.5 Å². The monoisotopic (exact) mass is 349 g/mol. The summed E-state index contributed by atoms with van der Waals surface area (Å²) in [7, 11) is 1.91. The van der Waals surface area contributed by atoms with Crippen LogP contribution in [0.2, 0.25) is 0 Å². The Morgan fingerprint density at radius 3 is 2.67 bits per heavy atom. The van der Waals surface area contributed by atoms with Gasteiger partial charge in [0.15, 0.2) is 0 Å². The smallest absolute Gasteiger partial charge is 0.119 e. The van der Waals surface area contributed by atoms with Gasteiger partial charge in [-0.1, -0.05) is 12.1 Å². The van der Waals surface area contributed by atoms with Crippen molar-refractivity contribution in [1.29, 1.82) is 0 Å². The number of hydrogen-bond acceptors (Lipinski definition) is 6. The molecule has 132 valence electrons. The lowest BCUT2D eigenvalue weighted by atomic mass is 10.1. The van der Waals surface area contributed by atoms with Gasteiger partial charge in [0, 0.05) is 24.5 Å². The zero-order valence-corrected chi connectivity index (χ0v) is 15.4. The van der Waals surface area contributed by atoms with Crippen LogP contribution in [-0.2, 0) is 6.42 Å². The summed E-state index contributed by atoms with van der Waals surface area (Å²) in [6.45, 7) is 6.08. The second-order valence-electron chi connectivity index (χ2n) is 5.92. The fourth-order valence-electron chi connectivity index (χ4n) is 2.37. The van der Waals surface area contributed by atoms with Crippen molar-refractivity contribution in [2.45, 2.75) is 32.4 Å². The highest BCUT2D eigenvalue weighted by atomic mass is 32.1. The van der Waals surface area contributed by atoms with E-state index >= 15 is 0 Å². The van der Waals surface area contributed by atoms with Gasteiger partial charge < -0.3 is 20.5 Å². The third kappa shape index (κ3) is 6.20. The average molecular weight is 350 g/mol. The maximum Gasteiger partial charge on any atom is 0.119 e. The highest BCUT2D eigenvalue weighted by molar-refractivity contribution is 7.09. The number of hydrogen-bond donors (Lipinski definition) is 3. The molecule has 0 saturated heterocycles. The summed E-state index contributed by atoms with van der Waals surface area (Å²) in [5, 5.41) is 19.5. The topological polar surface area (TPSA) is 66.4 Å². The molecule has 24 heavy (non-hydrogen) atoms. The van der Waals surface area contributed by atoms with E-state index in [1.807, 2.05) is 31.5 Å². The van der Waals surface area contributed by atoms with Gasteiger partial charge in [0.2, 0.25) is 0 Å². The summed E-state index contributed by atoms with van der Waals surface area (Å²) < 4.78 is 5.62. The molecule has 2 aromatic rings. The Morgan fingerprint density at radius 1 is 1.29 bits per heavy atom. The first kappa shape index (κ1) is 18.9. The molecule has 0 aliphatic heterocycles.